The lowest BCUT2D eigenvalue weighted by molar-refractivity contribution is -0.121. The fourth-order valence-corrected chi connectivity index (χ4v) is 1.86. The van der Waals surface area contributed by atoms with Crippen LogP contribution in [-0.2, 0) is 11.2 Å². The second-order valence-electron chi connectivity index (χ2n) is 5.19. The van der Waals surface area contributed by atoms with Gasteiger partial charge in [-0.05, 0) is 26.0 Å². The highest BCUT2D eigenvalue weighted by Gasteiger charge is 2.16. The molecule has 0 atom stereocenters. The summed E-state index contributed by atoms with van der Waals surface area (Å²) in [6, 6.07) is 8.00. The monoisotopic (exact) mass is 257 g/mol. The van der Waals surface area contributed by atoms with E-state index in [4.69, 9.17) is 4.42 Å². The molecule has 0 saturated heterocycles. The Hall–Kier alpha value is -1.90. The lowest BCUT2D eigenvalue weighted by Gasteiger charge is -2.00. The molecule has 3 nitrogen and oxygen atoms in total. The lowest BCUT2D eigenvalue weighted by Crippen LogP contribution is -2.11. The molecule has 2 aromatic rings. The maximum absolute atomic E-state index is 11.8. The molecule has 0 aliphatic carbocycles. The summed E-state index contributed by atoms with van der Waals surface area (Å²) in [7, 11) is 0. The Morgan fingerprint density at radius 2 is 2.05 bits per heavy atom. The zero-order chi connectivity index (χ0) is 14.0. The van der Waals surface area contributed by atoms with Crippen LogP contribution in [0.5, 0.6) is 0 Å². The molecule has 0 aliphatic heterocycles. The molecular formula is C16H19NO2. The van der Waals surface area contributed by atoms with E-state index in [-0.39, 0.29) is 11.7 Å². The van der Waals surface area contributed by atoms with Gasteiger partial charge in [-0.25, -0.2) is 4.98 Å². The van der Waals surface area contributed by atoms with Crippen molar-refractivity contribution in [1.82, 2.24) is 4.98 Å². The van der Waals surface area contributed by atoms with Gasteiger partial charge in [0.15, 0.2) is 0 Å². The lowest BCUT2D eigenvalue weighted by atomic mass is 10.0. The zero-order valence-corrected chi connectivity index (χ0v) is 11.9. The first-order valence-corrected chi connectivity index (χ1v) is 6.53. The van der Waals surface area contributed by atoms with Crippen molar-refractivity contribution in [3.8, 4) is 11.5 Å². The molecule has 0 saturated carbocycles. The molecule has 3 heteroatoms. The van der Waals surface area contributed by atoms with Crippen molar-refractivity contribution in [3.05, 3.63) is 41.3 Å². The molecule has 1 heterocycles. The van der Waals surface area contributed by atoms with Crippen LogP contribution >= 0.6 is 0 Å². The van der Waals surface area contributed by atoms with Crippen LogP contribution in [0.15, 0.2) is 28.7 Å². The van der Waals surface area contributed by atoms with E-state index >= 15 is 0 Å². The van der Waals surface area contributed by atoms with Crippen LogP contribution in [0.4, 0.5) is 0 Å². The molecule has 1 aromatic carbocycles. The Balaban J connectivity index is 2.28. The number of aryl methyl sites for hydroxylation is 2. The third-order valence-electron chi connectivity index (χ3n) is 3.14. The second-order valence-corrected chi connectivity index (χ2v) is 5.19. The summed E-state index contributed by atoms with van der Waals surface area (Å²) >= 11 is 0. The average molecular weight is 257 g/mol. The quantitative estimate of drug-likeness (QED) is 0.838. The Morgan fingerprint density at radius 3 is 2.68 bits per heavy atom. The Labute approximate surface area is 113 Å². The number of oxazole rings is 1. The molecule has 100 valence electrons. The van der Waals surface area contributed by atoms with Crippen molar-refractivity contribution in [2.24, 2.45) is 5.92 Å². The highest BCUT2D eigenvalue weighted by molar-refractivity contribution is 5.82. The van der Waals surface area contributed by atoms with E-state index in [0.717, 1.165) is 22.6 Å². The minimum Gasteiger partial charge on any atom is -0.441 e. The van der Waals surface area contributed by atoms with Crippen LogP contribution in [0.2, 0.25) is 0 Å². The predicted molar refractivity (Wildman–Crippen MR) is 75.0 cm³/mol. The summed E-state index contributed by atoms with van der Waals surface area (Å²) in [6.45, 7) is 7.69. The summed E-state index contributed by atoms with van der Waals surface area (Å²) in [5.41, 5.74) is 2.86. The van der Waals surface area contributed by atoms with Crippen LogP contribution < -0.4 is 0 Å². The van der Waals surface area contributed by atoms with Gasteiger partial charge < -0.3 is 4.42 Å². The topological polar surface area (TPSA) is 43.1 Å². The molecule has 2 rings (SSSR count). The van der Waals surface area contributed by atoms with Crippen LogP contribution in [0.25, 0.3) is 11.5 Å². The van der Waals surface area contributed by atoms with Gasteiger partial charge in [0.25, 0.3) is 0 Å². The minimum absolute atomic E-state index is 0.0264. The third kappa shape index (κ3) is 3.11. The van der Waals surface area contributed by atoms with Gasteiger partial charge in [0.1, 0.15) is 11.5 Å². The van der Waals surface area contributed by atoms with Gasteiger partial charge in [0.2, 0.25) is 5.89 Å². The average Bonchev–Trinajstić information content (AvgIpc) is 2.71. The minimum atomic E-state index is 0.0264. The summed E-state index contributed by atoms with van der Waals surface area (Å²) in [6.07, 6.45) is 0.346. The summed E-state index contributed by atoms with van der Waals surface area (Å²) < 4.78 is 5.67. The Bertz CT molecular complexity index is 597. The molecule has 0 aliphatic rings. The number of hydrogen-bond donors (Lipinski definition) is 0. The first-order valence-electron chi connectivity index (χ1n) is 6.53. The van der Waals surface area contributed by atoms with Gasteiger partial charge >= 0.3 is 0 Å². The van der Waals surface area contributed by atoms with Crippen LogP contribution in [0, 0.1) is 19.8 Å². The van der Waals surface area contributed by atoms with Gasteiger partial charge in [-0.1, -0.05) is 31.5 Å². The number of carbonyl (C=O) groups is 1. The number of hydrogen-bond acceptors (Lipinski definition) is 3. The molecular weight excluding hydrogens is 238 g/mol. The van der Waals surface area contributed by atoms with Crippen LogP contribution in [0.1, 0.15) is 30.9 Å². The molecule has 0 spiro atoms. The SMILES string of the molecule is Cc1cccc(-c2nc(CC(=O)C(C)C)c(C)o2)c1. The highest BCUT2D eigenvalue weighted by Crippen LogP contribution is 2.23. The maximum atomic E-state index is 11.8. The van der Waals surface area contributed by atoms with Gasteiger partial charge in [-0.2, -0.15) is 0 Å². The van der Waals surface area contributed by atoms with Gasteiger partial charge in [-0.15, -0.1) is 0 Å². The summed E-state index contributed by atoms with van der Waals surface area (Å²) in [4.78, 5) is 16.2. The van der Waals surface area contributed by atoms with Crippen molar-refractivity contribution in [1.29, 1.82) is 0 Å². The third-order valence-corrected chi connectivity index (χ3v) is 3.14. The molecule has 1 aromatic heterocycles. The summed E-state index contributed by atoms with van der Waals surface area (Å²) in [5, 5.41) is 0. The molecule has 0 radical (unpaired) electrons. The fraction of sp³-hybridized carbons (Fsp3) is 0.375. The smallest absolute Gasteiger partial charge is 0.226 e. The number of nitrogens with zero attached hydrogens (tertiary/aromatic N) is 1. The van der Waals surface area contributed by atoms with Crippen molar-refractivity contribution in [3.63, 3.8) is 0 Å². The van der Waals surface area contributed by atoms with Crippen molar-refractivity contribution < 1.29 is 9.21 Å². The number of carbonyl (C=O) groups excluding carboxylic acids is 1. The van der Waals surface area contributed by atoms with Crippen LogP contribution in [0.3, 0.4) is 0 Å². The molecule has 0 fully saturated rings. The fourth-order valence-electron chi connectivity index (χ4n) is 1.86. The Kier molecular flexibility index (Phi) is 3.84. The van der Waals surface area contributed by atoms with E-state index < -0.39 is 0 Å². The van der Waals surface area contributed by atoms with E-state index in [9.17, 15) is 4.79 Å². The summed E-state index contributed by atoms with van der Waals surface area (Å²) in [5.74, 6) is 1.53. The van der Waals surface area contributed by atoms with E-state index in [0.29, 0.717) is 12.3 Å². The van der Waals surface area contributed by atoms with E-state index in [1.54, 1.807) is 0 Å². The van der Waals surface area contributed by atoms with Crippen molar-refractivity contribution in [2.75, 3.05) is 0 Å². The first kappa shape index (κ1) is 13.5. The number of rotatable bonds is 4. The molecule has 19 heavy (non-hydrogen) atoms. The molecule has 0 bridgehead atoms. The van der Waals surface area contributed by atoms with Gasteiger partial charge in [0.05, 0.1) is 12.1 Å². The van der Waals surface area contributed by atoms with E-state index in [1.165, 1.54) is 0 Å². The standard InChI is InChI=1S/C16H19NO2/c1-10(2)15(18)9-14-12(4)19-16(17-14)13-7-5-6-11(3)8-13/h5-8,10H,9H2,1-4H3. The number of Topliss-reactive ketones (excluding diaryl/α,β-unsaturated/α-hetero) is 1. The maximum Gasteiger partial charge on any atom is 0.226 e. The molecule has 0 N–H and O–H groups in total. The molecule has 0 amide bonds. The zero-order valence-electron chi connectivity index (χ0n) is 11.9. The number of aromatic nitrogens is 1. The normalized spacial score (nSPS) is 11.0. The largest absolute Gasteiger partial charge is 0.441 e. The van der Waals surface area contributed by atoms with Crippen molar-refractivity contribution in [2.45, 2.75) is 34.1 Å². The number of benzene rings is 1. The Morgan fingerprint density at radius 1 is 1.32 bits per heavy atom. The molecule has 0 unspecified atom stereocenters. The van der Waals surface area contributed by atoms with E-state index in [2.05, 4.69) is 4.98 Å². The second kappa shape index (κ2) is 5.39. The number of ketones is 1. The van der Waals surface area contributed by atoms with E-state index in [1.807, 2.05) is 52.0 Å². The van der Waals surface area contributed by atoms with Gasteiger partial charge in [0, 0.05) is 11.5 Å². The highest BCUT2D eigenvalue weighted by atomic mass is 16.4. The van der Waals surface area contributed by atoms with Gasteiger partial charge in [-0.3, -0.25) is 4.79 Å². The predicted octanol–water partition coefficient (Wildman–Crippen LogP) is 3.73. The van der Waals surface area contributed by atoms with Crippen molar-refractivity contribution >= 4 is 5.78 Å². The first-order chi connectivity index (χ1) is 8.97. The van der Waals surface area contributed by atoms with Crippen LogP contribution in [-0.4, -0.2) is 10.8 Å².